The highest BCUT2D eigenvalue weighted by molar-refractivity contribution is 7.09. The molecule has 0 saturated carbocycles. The smallest absolute Gasteiger partial charge is 0.217 e. The molecule has 1 atom stereocenters. The predicted octanol–water partition coefficient (Wildman–Crippen LogP) is 2.62. The van der Waals surface area contributed by atoms with E-state index in [0.717, 1.165) is 50.7 Å². The molecule has 0 radical (unpaired) electrons. The van der Waals surface area contributed by atoms with E-state index in [4.69, 9.17) is 0 Å². The number of amides is 1. The zero-order valence-electron chi connectivity index (χ0n) is 15.2. The van der Waals surface area contributed by atoms with E-state index < -0.39 is 0 Å². The first-order chi connectivity index (χ1) is 12.0. The third-order valence-electron chi connectivity index (χ3n) is 4.50. The molecule has 2 aromatic heterocycles. The molecule has 3 heterocycles. The highest BCUT2D eigenvalue weighted by Crippen LogP contribution is 2.23. The summed E-state index contributed by atoms with van der Waals surface area (Å²) in [5, 5.41) is 14.0. The van der Waals surface area contributed by atoms with Crippen LogP contribution >= 0.6 is 11.3 Å². The molecule has 0 fully saturated rings. The highest BCUT2D eigenvalue weighted by Gasteiger charge is 2.25. The van der Waals surface area contributed by atoms with Crippen LogP contribution in [0.15, 0.2) is 17.5 Å². The van der Waals surface area contributed by atoms with Crippen molar-refractivity contribution in [3.05, 3.63) is 34.0 Å². The van der Waals surface area contributed by atoms with Crippen molar-refractivity contribution in [2.75, 3.05) is 13.1 Å². The van der Waals surface area contributed by atoms with Gasteiger partial charge in [0.25, 0.3) is 0 Å². The topological polar surface area (TPSA) is 63.1 Å². The van der Waals surface area contributed by atoms with E-state index in [1.165, 1.54) is 4.88 Å². The van der Waals surface area contributed by atoms with Crippen LogP contribution < -0.4 is 5.32 Å². The van der Waals surface area contributed by atoms with Crippen molar-refractivity contribution in [2.24, 2.45) is 5.92 Å². The molecule has 0 saturated heterocycles. The second-order valence-corrected chi connectivity index (χ2v) is 8.15. The molecule has 0 spiro atoms. The second-order valence-electron chi connectivity index (χ2n) is 7.11. The van der Waals surface area contributed by atoms with Crippen LogP contribution in [-0.2, 0) is 24.3 Å². The van der Waals surface area contributed by atoms with Crippen molar-refractivity contribution >= 4 is 17.2 Å². The van der Waals surface area contributed by atoms with Crippen molar-refractivity contribution in [1.82, 2.24) is 25.0 Å². The molecule has 1 amide bonds. The lowest BCUT2D eigenvalue weighted by Gasteiger charge is -2.21. The van der Waals surface area contributed by atoms with Gasteiger partial charge in [-0.2, -0.15) is 0 Å². The number of hydrogen-bond acceptors (Lipinski definition) is 5. The Kier molecular flexibility index (Phi) is 5.86. The molecule has 7 heteroatoms. The Morgan fingerprint density at radius 3 is 2.84 bits per heavy atom. The van der Waals surface area contributed by atoms with Gasteiger partial charge in [-0.15, -0.1) is 21.5 Å². The van der Waals surface area contributed by atoms with Gasteiger partial charge in [0.1, 0.15) is 5.82 Å². The zero-order chi connectivity index (χ0) is 17.8. The second kappa shape index (κ2) is 8.10. The first-order valence-electron chi connectivity index (χ1n) is 8.96. The van der Waals surface area contributed by atoms with E-state index >= 15 is 0 Å². The fourth-order valence-corrected chi connectivity index (χ4v) is 4.12. The Balaban J connectivity index is 1.73. The fraction of sp³-hybridized carbons (Fsp3) is 0.611. The van der Waals surface area contributed by atoms with Crippen LogP contribution in [0.1, 0.15) is 49.8 Å². The summed E-state index contributed by atoms with van der Waals surface area (Å²) < 4.78 is 2.22. The number of fused-ring (bicyclic) bond motifs is 1. The Bertz CT molecular complexity index is 694. The van der Waals surface area contributed by atoms with Crippen LogP contribution in [0.3, 0.4) is 0 Å². The SMILES string of the molecule is CC(=O)NC(CC(C)C)c1nnc2n1CCN(Cc1cccs1)CC2. The highest BCUT2D eigenvalue weighted by atomic mass is 32.1. The lowest BCUT2D eigenvalue weighted by molar-refractivity contribution is -0.119. The zero-order valence-corrected chi connectivity index (χ0v) is 16.1. The number of nitrogens with zero attached hydrogens (tertiary/aromatic N) is 4. The third kappa shape index (κ3) is 4.67. The van der Waals surface area contributed by atoms with Gasteiger partial charge < -0.3 is 9.88 Å². The lowest BCUT2D eigenvalue weighted by atomic mass is 10.0. The molecule has 1 N–H and O–H groups in total. The van der Waals surface area contributed by atoms with Crippen molar-refractivity contribution in [3.8, 4) is 0 Å². The molecule has 3 rings (SSSR count). The van der Waals surface area contributed by atoms with Crippen molar-refractivity contribution in [3.63, 3.8) is 0 Å². The summed E-state index contributed by atoms with van der Waals surface area (Å²) in [5.41, 5.74) is 0. The predicted molar refractivity (Wildman–Crippen MR) is 99.3 cm³/mol. The van der Waals surface area contributed by atoms with Crippen LogP contribution in [0.25, 0.3) is 0 Å². The van der Waals surface area contributed by atoms with Gasteiger partial charge in [-0.3, -0.25) is 9.69 Å². The van der Waals surface area contributed by atoms with Crippen LogP contribution in [0.2, 0.25) is 0 Å². The Morgan fingerprint density at radius 2 is 2.16 bits per heavy atom. The van der Waals surface area contributed by atoms with E-state index in [2.05, 4.69) is 56.3 Å². The minimum absolute atomic E-state index is 0.0176. The summed E-state index contributed by atoms with van der Waals surface area (Å²) in [4.78, 5) is 15.5. The lowest BCUT2D eigenvalue weighted by Crippen LogP contribution is -2.31. The number of nitrogens with one attached hydrogen (secondary N) is 1. The van der Waals surface area contributed by atoms with Gasteiger partial charge >= 0.3 is 0 Å². The molecule has 1 aliphatic heterocycles. The number of thiophene rings is 1. The molecular formula is C18H27N5OS. The van der Waals surface area contributed by atoms with Crippen molar-refractivity contribution < 1.29 is 4.79 Å². The number of hydrogen-bond donors (Lipinski definition) is 1. The molecule has 0 aliphatic carbocycles. The molecule has 0 bridgehead atoms. The summed E-state index contributed by atoms with van der Waals surface area (Å²) in [6, 6.07) is 4.23. The minimum atomic E-state index is -0.0670. The van der Waals surface area contributed by atoms with Crippen LogP contribution in [0, 0.1) is 5.92 Å². The Labute approximate surface area is 153 Å². The Morgan fingerprint density at radius 1 is 1.32 bits per heavy atom. The van der Waals surface area contributed by atoms with E-state index in [9.17, 15) is 4.79 Å². The summed E-state index contributed by atoms with van der Waals surface area (Å²) in [7, 11) is 0. The number of aromatic nitrogens is 3. The average Bonchev–Trinajstić information content (AvgIpc) is 3.14. The first-order valence-corrected chi connectivity index (χ1v) is 9.84. The number of carbonyl (C=O) groups is 1. The molecule has 25 heavy (non-hydrogen) atoms. The quantitative estimate of drug-likeness (QED) is 0.859. The van der Waals surface area contributed by atoms with Gasteiger partial charge in [0.05, 0.1) is 6.04 Å². The molecule has 0 aromatic carbocycles. The first kappa shape index (κ1) is 18.1. The summed E-state index contributed by atoms with van der Waals surface area (Å²) in [6.07, 6.45) is 1.77. The molecule has 6 nitrogen and oxygen atoms in total. The summed E-state index contributed by atoms with van der Waals surface area (Å²) in [6.45, 7) is 9.73. The third-order valence-corrected chi connectivity index (χ3v) is 5.36. The monoisotopic (exact) mass is 361 g/mol. The van der Waals surface area contributed by atoms with Gasteiger partial charge in [-0.05, 0) is 23.8 Å². The molecule has 2 aromatic rings. The minimum Gasteiger partial charge on any atom is -0.346 e. The van der Waals surface area contributed by atoms with E-state index in [1.54, 1.807) is 6.92 Å². The van der Waals surface area contributed by atoms with Gasteiger partial charge in [0, 0.05) is 44.4 Å². The van der Waals surface area contributed by atoms with Gasteiger partial charge in [0.15, 0.2) is 5.82 Å². The maximum absolute atomic E-state index is 11.6. The van der Waals surface area contributed by atoms with Crippen LogP contribution in [-0.4, -0.2) is 38.7 Å². The maximum atomic E-state index is 11.6. The van der Waals surface area contributed by atoms with Crippen LogP contribution in [0.5, 0.6) is 0 Å². The van der Waals surface area contributed by atoms with Crippen molar-refractivity contribution in [2.45, 2.75) is 52.7 Å². The standard InChI is InChI=1S/C18H27N5OS/c1-13(2)11-16(19-14(3)24)18-21-20-17-6-7-22(8-9-23(17)18)12-15-5-4-10-25-15/h4-5,10,13,16H,6-9,11-12H2,1-3H3,(H,19,24). The van der Waals surface area contributed by atoms with E-state index in [0.29, 0.717) is 5.92 Å². The average molecular weight is 362 g/mol. The normalized spacial score (nSPS) is 16.5. The largest absolute Gasteiger partial charge is 0.346 e. The van der Waals surface area contributed by atoms with E-state index in [-0.39, 0.29) is 11.9 Å². The molecule has 1 aliphatic rings. The van der Waals surface area contributed by atoms with Gasteiger partial charge in [0.2, 0.25) is 5.91 Å². The maximum Gasteiger partial charge on any atom is 0.217 e. The number of carbonyl (C=O) groups excluding carboxylic acids is 1. The fourth-order valence-electron chi connectivity index (χ4n) is 3.37. The summed E-state index contributed by atoms with van der Waals surface area (Å²) >= 11 is 1.81. The Hall–Kier alpha value is -1.73. The molecule has 1 unspecified atom stereocenters. The molecule has 136 valence electrons. The van der Waals surface area contributed by atoms with E-state index in [1.807, 2.05) is 11.3 Å². The van der Waals surface area contributed by atoms with Crippen molar-refractivity contribution in [1.29, 1.82) is 0 Å². The molecular weight excluding hydrogens is 334 g/mol. The van der Waals surface area contributed by atoms with Gasteiger partial charge in [-0.1, -0.05) is 19.9 Å². The summed E-state index contributed by atoms with van der Waals surface area (Å²) in [5.74, 6) is 2.39. The number of rotatable bonds is 6. The van der Waals surface area contributed by atoms with Gasteiger partial charge in [-0.25, -0.2) is 0 Å². The van der Waals surface area contributed by atoms with Crippen LogP contribution in [0.4, 0.5) is 0 Å².